The summed E-state index contributed by atoms with van der Waals surface area (Å²) in [5, 5.41) is 1.69. The molecule has 0 aliphatic heterocycles. The minimum atomic E-state index is -1.39. The third-order valence-corrected chi connectivity index (χ3v) is 9.75. The van der Waals surface area contributed by atoms with E-state index in [1.54, 1.807) is 11.5 Å². The fourth-order valence-electron chi connectivity index (χ4n) is 2.06. The van der Waals surface area contributed by atoms with Crippen molar-refractivity contribution < 1.29 is 4.21 Å². The van der Waals surface area contributed by atoms with Gasteiger partial charge < -0.3 is 0 Å². The van der Waals surface area contributed by atoms with E-state index in [1.807, 2.05) is 31.2 Å². The number of benzene rings is 1. The van der Waals surface area contributed by atoms with E-state index in [0.717, 1.165) is 4.90 Å². The van der Waals surface area contributed by atoms with Crippen molar-refractivity contribution in [2.24, 2.45) is 0 Å². The van der Waals surface area contributed by atoms with Crippen LogP contribution in [0.5, 0.6) is 0 Å². The summed E-state index contributed by atoms with van der Waals surface area (Å²) in [6, 6.07) is 11.4. The Hall–Kier alpha value is -1.11. The second-order valence-electron chi connectivity index (χ2n) is 5.02. The van der Waals surface area contributed by atoms with Crippen LogP contribution in [-0.2, 0) is 10.8 Å². The third kappa shape index (κ3) is 4.77. The minimum Gasteiger partial charge on any atom is -0.250 e. The predicted octanol–water partition coefficient (Wildman–Crippen LogP) is 4.67. The van der Waals surface area contributed by atoms with Crippen molar-refractivity contribution in [2.45, 2.75) is 50.7 Å². The summed E-state index contributed by atoms with van der Waals surface area (Å²) in [7, 11) is -2.48. The van der Waals surface area contributed by atoms with Crippen molar-refractivity contribution in [1.29, 1.82) is 0 Å². The van der Waals surface area contributed by atoms with Gasteiger partial charge in [0.2, 0.25) is 0 Å². The van der Waals surface area contributed by atoms with E-state index < -0.39 is 18.9 Å². The van der Waals surface area contributed by atoms with Crippen molar-refractivity contribution >= 4 is 18.9 Å². The number of rotatable bonds is 5. The lowest BCUT2D eigenvalue weighted by atomic mass is 10.2. The Morgan fingerprint density at radius 1 is 1.10 bits per heavy atom. The quantitative estimate of drug-likeness (QED) is 0.571. The van der Waals surface area contributed by atoms with Gasteiger partial charge in [-0.3, -0.25) is 0 Å². The number of hydrogen-bond acceptors (Lipinski definition) is 1. The highest BCUT2D eigenvalue weighted by Gasteiger charge is 2.23. The average Bonchev–Trinajstić information content (AvgIpc) is 2.49. The Kier molecular flexibility index (Phi) is 6.98. The minimum absolute atomic E-state index is 0.832. The Balaban J connectivity index is 2.74. The highest BCUT2D eigenvalue weighted by Crippen LogP contribution is 2.18. The Morgan fingerprint density at radius 3 is 2.15 bits per heavy atom. The molecule has 0 spiro atoms. The van der Waals surface area contributed by atoms with Crippen molar-refractivity contribution in [3.8, 4) is 11.5 Å². The first-order chi connectivity index (χ1) is 9.56. The number of allylic oxidation sites excluding steroid dienone is 1. The number of aryl methyl sites for hydroxylation is 1. The second-order valence-corrected chi connectivity index (χ2v) is 11.3. The van der Waals surface area contributed by atoms with Crippen molar-refractivity contribution in [3.05, 3.63) is 41.3 Å². The molecule has 0 radical (unpaired) electrons. The highest BCUT2D eigenvalue weighted by atomic mass is 32.2. The van der Waals surface area contributed by atoms with E-state index in [-0.39, 0.29) is 0 Å². The molecule has 1 nitrogen and oxygen atoms in total. The molecule has 0 heterocycles. The lowest BCUT2D eigenvalue weighted by Gasteiger charge is -2.19. The fourth-order valence-corrected chi connectivity index (χ4v) is 5.23. The summed E-state index contributed by atoms with van der Waals surface area (Å²) in [4.78, 5) is 0.832. The van der Waals surface area contributed by atoms with Gasteiger partial charge in [-0.25, -0.2) is 4.21 Å². The first-order valence-corrected chi connectivity index (χ1v) is 11.1. The first kappa shape index (κ1) is 16.9. The van der Waals surface area contributed by atoms with Gasteiger partial charge in [0.25, 0.3) is 0 Å². The van der Waals surface area contributed by atoms with E-state index >= 15 is 0 Å². The zero-order valence-corrected chi connectivity index (χ0v) is 14.7. The van der Waals surface area contributed by atoms with Gasteiger partial charge >= 0.3 is 0 Å². The molecule has 1 rings (SSSR count). The van der Waals surface area contributed by atoms with Crippen LogP contribution >= 0.6 is 0 Å². The van der Waals surface area contributed by atoms with Crippen LogP contribution < -0.4 is 0 Å². The van der Waals surface area contributed by atoms with Crippen LogP contribution in [0.25, 0.3) is 0 Å². The molecule has 1 atom stereocenters. The van der Waals surface area contributed by atoms with Crippen LogP contribution in [0.4, 0.5) is 0 Å². The summed E-state index contributed by atoms with van der Waals surface area (Å²) in [5.74, 6) is 3.13. The highest BCUT2D eigenvalue weighted by molar-refractivity contribution is 7.88. The lowest BCUT2D eigenvalue weighted by Crippen LogP contribution is -2.29. The maximum atomic E-state index is 12.1. The summed E-state index contributed by atoms with van der Waals surface area (Å²) < 4.78 is 12.1. The lowest BCUT2D eigenvalue weighted by molar-refractivity contribution is 0.688. The van der Waals surface area contributed by atoms with E-state index in [1.165, 1.54) is 23.7 Å². The zero-order chi connectivity index (χ0) is 15.0. The normalized spacial score (nSPS) is 13.0. The third-order valence-electron chi connectivity index (χ3n) is 3.90. The van der Waals surface area contributed by atoms with Gasteiger partial charge in [-0.15, -0.1) is 5.54 Å². The number of hydrogen-bond donors (Lipinski definition) is 0. The molecule has 0 unspecified atom stereocenters. The molecule has 0 saturated heterocycles. The van der Waals surface area contributed by atoms with E-state index in [4.69, 9.17) is 0 Å². The van der Waals surface area contributed by atoms with Crippen LogP contribution in [0.2, 0.25) is 18.1 Å². The molecule has 0 fully saturated rings. The maximum absolute atomic E-state index is 12.1. The van der Waals surface area contributed by atoms with Gasteiger partial charge in [-0.05, 0) is 43.3 Å². The second kappa shape index (κ2) is 8.24. The van der Waals surface area contributed by atoms with Gasteiger partial charge in [0.05, 0.1) is 10.8 Å². The Labute approximate surface area is 127 Å². The van der Waals surface area contributed by atoms with E-state index in [0.29, 0.717) is 0 Å². The van der Waals surface area contributed by atoms with Gasteiger partial charge in [-0.1, -0.05) is 44.4 Å². The Bertz CT molecular complexity index is 522. The summed E-state index contributed by atoms with van der Waals surface area (Å²) in [5.41, 5.74) is 4.65. The average molecular weight is 305 g/mol. The monoisotopic (exact) mass is 304 g/mol. The molecule has 108 valence electrons. The molecule has 0 saturated carbocycles. The van der Waals surface area contributed by atoms with Gasteiger partial charge in [0, 0.05) is 10.3 Å². The molecule has 1 aromatic carbocycles. The SMILES string of the molecule is CC[Si](C#C/C=C\[S@@](=O)c1ccc(C)cc1)(CC)CC. The van der Waals surface area contributed by atoms with Crippen molar-refractivity contribution in [3.63, 3.8) is 0 Å². The van der Waals surface area contributed by atoms with Crippen LogP contribution in [0.1, 0.15) is 26.3 Å². The smallest absolute Gasteiger partial charge is 0.138 e. The van der Waals surface area contributed by atoms with E-state index in [9.17, 15) is 4.21 Å². The predicted molar refractivity (Wildman–Crippen MR) is 91.7 cm³/mol. The molecule has 0 N–H and O–H groups in total. The molecular formula is C17H24OSSi. The molecule has 0 bridgehead atoms. The fraction of sp³-hybridized carbons (Fsp3) is 0.412. The summed E-state index contributed by atoms with van der Waals surface area (Å²) in [6.45, 7) is 8.74. The zero-order valence-electron chi connectivity index (χ0n) is 12.9. The molecular weight excluding hydrogens is 280 g/mol. The van der Waals surface area contributed by atoms with Crippen LogP contribution in [0, 0.1) is 18.4 Å². The molecule has 20 heavy (non-hydrogen) atoms. The Morgan fingerprint density at radius 2 is 1.65 bits per heavy atom. The molecule has 0 aliphatic rings. The van der Waals surface area contributed by atoms with Crippen LogP contribution in [-0.4, -0.2) is 12.3 Å². The molecule has 1 aromatic rings. The molecule has 0 aromatic heterocycles. The topological polar surface area (TPSA) is 17.1 Å². The van der Waals surface area contributed by atoms with Gasteiger partial charge in [-0.2, -0.15) is 0 Å². The van der Waals surface area contributed by atoms with E-state index in [2.05, 4.69) is 32.2 Å². The standard InChI is InChI=1S/C17H24OSSi/c1-5-20(6-2,7-3)15-9-8-14-19(18)17-12-10-16(4)11-13-17/h8,10-14H,5-7H2,1-4H3/b14-8-/t19-/m1/s1. The maximum Gasteiger partial charge on any atom is 0.138 e. The van der Waals surface area contributed by atoms with Crippen molar-refractivity contribution in [2.75, 3.05) is 0 Å². The van der Waals surface area contributed by atoms with Gasteiger partial charge in [0.15, 0.2) is 0 Å². The molecule has 0 aliphatic carbocycles. The molecule has 0 amide bonds. The summed E-state index contributed by atoms with van der Waals surface area (Å²) >= 11 is 0. The van der Waals surface area contributed by atoms with Gasteiger partial charge in [0.1, 0.15) is 8.07 Å². The van der Waals surface area contributed by atoms with Crippen LogP contribution in [0.15, 0.2) is 40.6 Å². The van der Waals surface area contributed by atoms with Crippen molar-refractivity contribution in [1.82, 2.24) is 0 Å². The largest absolute Gasteiger partial charge is 0.250 e. The van der Waals surface area contributed by atoms with Crippen LogP contribution in [0.3, 0.4) is 0 Å². The molecule has 3 heteroatoms. The summed E-state index contributed by atoms with van der Waals surface area (Å²) in [6.07, 6.45) is 1.76. The first-order valence-electron chi connectivity index (χ1n) is 7.23.